The summed E-state index contributed by atoms with van der Waals surface area (Å²) in [6.45, 7) is 4.08. The highest BCUT2D eigenvalue weighted by atomic mass is 19.1. The van der Waals surface area contributed by atoms with Crippen molar-refractivity contribution in [1.82, 2.24) is 4.90 Å². The lowest BCUT2D eigenvalue weighted by Gasteiger charge is -2.23. The minimum Gasteiger partial charge on any atom is -0.507 e. The van der Waals surface area contributed by atoms with Gasteiger partial charge in [0, 0.05) is 12.1 Å². The van der Waals surface area contributed by atoms with Crippen LogP contribution in [0.15, 0.2) is 70.7 Å². The highest BCUT2D eigenvalue weighted by molar-refractivity contribution is 6.46. The molecule has 1 saturated heterocycles. The summed E-state index contributed by atoms with van der Waals surface area (Å²) in [5, 5.41) is 11.1. The number of amides is 1. The molecule has 3 aromatic rings. The fraction of sp³-hybridized carbons (Fsp3) is 0.200. The highest BCUT2D eigenvalue weighted by Gasteiger charge is 2.47. The Balaban J connectivity index is 1.82. The Bertz CT molecular complexity index is 1200. The van der Waals surface area contributed by atoms with Crippen LogP contribution in [0.3, 0.4) is 0 Å². The topological polar surface area (TPSA) is 80.0 Å². The SMILES string of the molecule is CCOc1cccc(/C(O)=C2/C(=O)C(=O)N(Cc3ccc(F)cc3)C2c2ccc(C)o2)c1. The molecule has 1 amide bonds. The lowest BCUT2D eigenvalue weighted by molar-refractivity contribution is -0.140. The number of benzene rings is 2. The Hall–Kier alpha value is -3.87. The largest absolute Gasteiger partial charge is 0.507 e. The molecule has 1 N–H and O–H groups in total. The number of carbonyl (C=O) groups is 2. The van der Waals surface area contributed by atoms with E-state index in [1.54, 1.807) is 55.5 Å². The first-order valence-corrected chi connectivity index (χ1v) is 10.2. The Morgan fingerprint density at radius 2 is 1.88 bits per heavy atom. The van der Waals surface area contributed by atoms with E-state index in [0.29, 0.717) is 35.0 Å². The van der Waals surface area contributed by atoms with Gasteiger partial charge >= 0.3 is 0 Å². The molecule has 32 heavy (non-hydrogen) atoms. The molecule has 1 atom stereocenters. The number of hydrogen-bond acceptors (Lipinski definition) is 5. The number of likely N-dealkylation sites (tertiary alicyclic amines) is 1. The summed E-state index contributed by atoms with van der Waals surface area (Å²) in [5.74, 6) is -0.811. The van der Waals surface area contributed by atoms with Crippen molar-refractivity contribution in [3.63, 3.8) is 0 Å². The summed E-state index contributed by atoms with van der Waals surface area (Å²) in [6, 6.07) is 14.8. The van der Waals surface area contributed by atoms with E-state index >= 15 is 0 Å². The Morgan fingerprint density at radius 3 is 2.53 bits per heavy atom. The zero-order valence-electron chi connectivity index (χ0n) is 17.7. The number of furan rings is 1. The van der Waals surface area contributed by atoms with Crippen molar-refractivity contribution in [3.8, 4) is 5.75 Å². The summed E-state index contributed by atoms with van der Waals surface area (Å²) in [7, 11) is 0. The van der Waals surface area contributed by atoms with Crippen molar-refractivity contribution in [1.29, 1.82) is 0 Å². The first kappa shape index (κ1) is 21.4. The zero-order valence-corrected chi connectivity index (χ0v) is 17.7. The maximum atomic E-state index is 13.3. The molecule has 1 aromatic heterocycles. The van der Waals surface area contributed by atoms with Crippen LogP contribution in [0.5, 0.6) is 5.75 Å². The fourth-order valence-corrected chi connectivity index (χ4v) is 3.78. The van der Waals surface area contributed by atoms with Crippen molar-refractivity contribution < 1.29 is 28.2 Å². The van der Waals surface area contributed by atoms with E-state index in [1.165, 1.54) is 17.0 Å². The minimum atomic E-state index is -0.926. The molecule has 0 aliphatic carbocycles. The molecule has 1 aliphatic rings. The van der Waals surface area contributed by atoms with Gasteiger partial charge in [-0.3, -0.25) is 9.59 Å². The van der Waals surface area contributed by atoms with Gasteiger partial charge in [0.25, 0.3) is 11.7 Å². The number of halogens is 1. The van der Waals surface area contributed by atoms with E-state index in [2.05, 4.69) is 0 Å². The Kier molecular flexibility index (Phi) is 5.81. The molecule has 0 saturated carbocycles. The van der Waals surface area contributed by atoms with Crippen LogP contribution in [0.25, 0.3) is 5.76 Å². The molecule has 7 heteroatoms. The predicted molar refractivity (Wildman–Crippen MR) is 115 cm³/mol. The number of aryl methyl sites for hydroxylation is 1. The monoisotopic (exact) mass is 435 g/mol. The van der Waals surface area contributed by atoms with Gasteiger partial charge in [0.2, 0.25) is 0 Å². The molecule has 1 aliphatic heterocycles. The number of ketones is 1. The summed E-state index contributed by atoms with van der Waals surface area (Å²) in [5.41, 5.74) is 0.920. The van der Waals surface area contributed by atoms with Crippen molar-refractivity contribution in [3.05, 3.63) is 94.7 Å². The second kappa shape index (κ2) is 8.70. The zero-order chi connectivity index (χ0) is 22.8. The first-order valence-electron chi connectivity index (χ1n) is 10.2. The van der Waals surface area contributed by atoms with E-state index < -0.39 is 23.5 Å². The molecular weight excluding hydrogens is 413 g/mol. The molecule has 1 fully saturated rings. The third kappa shape index (κ3) is 4.01. The molecule has 1 unspecified atom stereocenters. The number of Topliss-reactive ketones (excluding diaryl/α,β-unsaturated/α-hetero) is 1. The lowest BCUT2D eigenvalue weighted by Crippen LogP contribution is -2.29. The molecule has 6 nitrogen and oxygen atoms in total. The van der Waals surface area contributed by atoms with Crippen molar-refractivity contribution in [2.75, 3.05) is 6.61 Å². The van der Waals surface area contributed by atoms with Crippen LogP contribution in [0.4, 0.5) is 4.39 Å². The standard InChI is InChI=1S/C25H22FNO5/c1-3-31-19-6-4-5-17(13-19)23(28)21-22(20-12-7-15(2)32-20)27(25(30)24(21)29)14-16-8-10-18(26)11-9-16/h4-13,22,28H,3,14H2,1-2H3/b23-21-. The van der Waals surface area contributed by atoms with Crippen LogP contribution in [-0.4, -0.2) is 28.3 Å². The first-order chi connectivity index (χ1) is 15.4. The molecule has 0 bridgehead atoms. The highest BCUT2D eigenvalue weighted by Crippen LogP contribution is 2.41. The normalized spacial score (nSPS) is 17.7. The maximum absolute atomic E-state index is 13.3. The third-order valence-electron chi connectivity index (χ3n) is 5.26. The quantitative estimate of drug-likeness (QED) is 0.343. The number of nitrogens with zero attached hydrogens (tertiary/aromatic N) is 1. The van der Waals surface area contributed by atoms with E-state index in [4.69, 9.17) is 9.15 Å². The molecule has 2 aromatic carbocycles. The van der Waals surface area contributed by atoms with Gasteiger partial charge in [-0.1, -0.05) is 24.3 Å². The Labute approximate surface area is 184 Å². The molecule has 0 radical (unpaired) electrons. The van der Waals surface area contributed by atoms with E-state index in [1.807, 2.05) is 6.92 Å². The van der Waals surface area contributed by atoms with Crippen LogP contribution in [-0.2, 0) is 16.1 Å². The number of ether oxygens (including phenoxy) is 1. The van der Waals surface area contributed by atoms with E-state index in [9.17, 15) is 19.1 Å². The van der Waals surface area contributed by atoms with Gasteiger partial charge in [-0.2, -0.15) is 0 Å². The van der Waals surface area contributed by atoms with Crippen LogP contribution in [0.2, 0.25) is 0 Å². The molecule has 0 spiro atoms. The Morgan fingerprint density at radius 1 is 1.12 bits per heavy atom. The number of aliphatic hydroxyl groups is 1. The predicted octanol–water partition coefficient (Wildman–Crippen LogP) is 4.75. The van der Waals surface area contributed by atoms with Crippen LogP contribution in [0.1, 0.15) is 35.6 Å². The van der Waals surface area contributed by atoms with Crippen molar-refractivity contribution >= 4 is 17.4 Å². The van der Waals surface area contributed by atoms with Crippen LogP contribution < -0.4 is 4.74 Å². The molecule has 164 valence electrons. The summed E-state index contributed by atoms with van der Waals surface area (Å²) in [6.07, 6.45) is 0. The van der Waals surface area contributed by atoms with Gasteiger partial charge in [-0.05, 0) is 55.8 Å². The molecular formula is C25H22FNO5. The molecule has 2 heterocycles. The lowest BCUT2D eigenvalue weighted by atomic mass is 9.99. The number of hydrogen-bond donors (Lipinski definition) is 1. The summed E-state index contributed by atoms with van der Waals surface area (Å²) in [4.78, 5) is 27.3. The van der Waals surface area contributed by atoms with Crippen LogP contribution >= 0.6 is 0 Å². The second-order valence-corrected chi connectivity index (χ2v) is 7.46. The van der Waals surface area contributed by atoms with Gasteiger partial charge in [0.05, 0.1) is 12.2 Å². The number of rotatable bonds is 6. The van der Waals surface area contributed by atoms with Crippen LogP contribution in [0, 0.1) is 12.7 Å². The van der Waals surface area contributed by atoms with Gasteiger partial charge in [0.1, 0.15) is 34.9 Å². The van der Waals surface area contributed by atoms with Crippen molar-refractivity contribution in [2.45, 2.75) is 26.4 Å². The van der Waals surface area contributed by atoms with E-state index in [-0.39, 0.29) is 17.9 Å². The number of carbonyl (C=O) groups excluding carboxylic acids is 2. The van der Waals surface area contributed by atoms with Gasteiger partial charge in [0.15, 0.2) is 0 Å². The second-order valence-electron chi connectivity index (χ2n) is 7.46. The minimum absolute atomic E-state index is 0.0467. The van der Waals surface area contributed by atoms with Gasteiger partial charge in [-0.15, -0.1) is 0 Å². The van der Waals surface area contributed by atoms with E-state index in [0.717, 1.165) is 0 Å². The summed E-state index contributed by atoms with van der Waals surface area (Å²) >= 11 is 0. The van der Waals surface area contributed by atoms with Crippen molar-refractivity contribution in [2.24, 2.45) is 0 Å². The maximum Gasteiger partial charge on any atom is 0.296 e. The average Bonchev–Trinajstić information content (AvgIpc) is 3.31. The number of aliphatic hydroxyl groups excluding tert-OH is 1. The third-order valence-corrected chi connectivity index (χ3v) is 5.26. The fourth-order valence-electron chi connectivity index (χ4n) is 3.78. The molecule has 4 rings (SSSR count). The summed E-state index contributed by atoms with van der Waals surface area (Å²) < 4.78 is 24.6. The average molecular weight is 435 g/mol. The van der Waals surface area contributed by atoms with Gasteiger partial charge < -0.3 is 19.2 Å². The smallest absolute Gasteiger partial charge is 0.296 e. The van der Waals surface area contributed by atoms with Gasteiger partial charge in [-0.25, -0.2) is 4.39 Å².